The van der Waals surface area contributed by atoms with Gasteiger partial charge in [0.15, 0.2) is 11.5 Å². The highest BCUT2D eigenvalue weighted by atomic mass is 32.2. The number of rotatable bonds is 14. The first kappa shape index (κ1) is 34.8. The van der Waals surface area contributed by atoms with Gasteiger partial charge in [-0.3, -0.25) is 13.9 Å². The van der Waals surface area contributed by atoms with E-state index < -0.39 is 28.5 Å². The number of nitrogens with one attached hydrogen (secondary N) is 1. The van der Waals surface area contributed by atoms with E-state index in [1.54, 1.807) is 37.4 Å². The second kappa shape index (κ2) is 15.5. The fraction of sp³-hybridized carbons (Fsp3) is 0.278. The molecule has 0 saturated heterocycles. The molecule has 11 heteroatoms. The van der Waals surface area contributed by atoms with Crippen LogP contribution in [0, 0.1) is 13.8 Å². The molecule has 0 radical (unpaired) electrons. The molecule has 0 fully saturated rings. The number of aryl methyl sites for hydroxylation is 2. The molecule has 0 aromatic heterocycles. The van der Waals surface area contributed by atoms with Gasteiger partial charge in [-0.2, -0.15) is 0 Å². The molecule has 0 spiro atoms. The van der Waals surface area contributed by atoms with Gasteiger partial charge >= 0.3 is 0 Å². The maximum atomic E-state index is 14.6. The molecule has 0 saturated carbocycles. The highest BCUT2D eigenvalue weighted by molar-refractivity contribution is 7.92. The van der Waals surface area contributed by atoms with Crippen LogP contribution in [0.1, 0.15) is 22.3 Å². The van der Waals surface area contributed by atoms with E-state index >= 15 is 0 Å². The van der Waals surface area contributed by atoms with Crippen LogP contribution in [0.5, 0.6) is 17.2 Å². The first-order chi connectivity index (χ1) is 22.5. The zero-order valence-corrected chi connectivity index (χ0v) is 28.3. The van der Waals surface area contributed by atoms with Crippen LogP contribution in [0.15, 0.2) is 95.9 Å². The Kier molecular flexibility index (Phi) is 11.5. The van der Waals surface area contributed by atoms with Crippen molar-refractivity contribution in [2.75, 3.05) is 39.2 Å². The lowest BCUT2D eigenvalue weighted by molar-refractivity contribution is -0.139. The third-order valence-corrected chi connectivity index (χ3v) is 9.49. The van der Waals surface area contributed by atoms with Crippen LogP contribution >= 0.6 is 0 Å². The number of carbonyl (C=O) groups excluding carboxylic acids is 2. The number of amides is 2. The van der Waals surface area contributed by atoms with Crippen molar-refractivity contribution in [3.05, 3.63) is 113 Å². The average Bonchev–Trinajstić information content (AvgIpc) is 3.07. The molecule has 0 aliphatic heterocycles. The Hall–Kier alpha value is -5.03. The van der Waals surface area contributed by atoms with Gasteiger partial charge in [-0.1, -0.05) is 48.5 Å². The van der Waals surface area contributed by atoms with Crippen LogP contribution in [-0.4, -0.2) is 66.1 Å². The smallest absolute Gasteiger partial charge is 0.264 e. The van der Waals surface area contributed by atoms with Crippen molar-refractivity contribution in [1.82, 2.24) is 10.2 Å². The number of nitrogens with zero attached hydrogens (tertiary/aromatic N) is 2. The number of carbonyl (C=O) groups is 2. The normalized spacial score (nSPS) is 11.7. The van der Waals surface area contributed by atoms with Crippen LogP contribution in [0.2, 0.25) is 0 Å². The molecule has 10 nitrogen and oxygen atoms in total. The van der Waals surface area contributed by atoms with Crippen molar-refractivity contribution in [2.45, 2.75) is 37.8 Å². The van der Waals surface area contributed by atoms with Gasteiger partial charge in [0.05, 0.1) is 31.9 Å². The van der Waals surface area contributed by atoms with Gasteiger partial charge in [-0.25, -0.2) is 8.42 Å². The summed E-state index contributed by atoms with van der Waals surface area (Å²) < 4.78 is 46.1. The van der Waals surface area contributed by atoms with E-state index in [2.05, 4.69) is 5.32 Å². The summed E-state index contributed by atoms with van der Waals surface area (Å²) in [6.07, 6.45) is 0.211. The first-order valence-electron chi connectivity index (χ1n) is 15.0. The van der Waals surface area contributed by atoms with E-state index in [9.17, 15) is 18.0 Å². The second-order valence-corrected chi connectivity index (χ2v) is 12.9. The summed E-state index contributed by atoms with van der Waals surface area (Å²) in [7, 11) is 1.60. The van der Waals surface area contributed by atoms with Crippen LogP contribution in [0.3, 0.4) is 0 Å². The highest BCUT2D eigenvalue weighted by Gasteiger charge is 2.35. The summed E-state index contributed by atoms with van der Waals surface area (Å²) in [4.78, 5) is 29.4. The number of anilines is 1. The molecule has 1 atom stereocenters. The molecule has 4 aromatic rings. The molecule has 1 N–H and O–H groups in total. The van der Waals surface area contributed by atoms with Gasteiger partial charge in [0.1, 0.15) is 18.3 Å². The zero-order valence-electron chi connectivity index (χ0n) is 27.5. The number of benzene rings is 4. The lowest BCUT2D eigenvalue weighted by Gasteiger charge is -2.33. The van der Waals surface area contributed by atoms with E-state index in [0.29, 0.717) is 22.7 Å². The number of hydrogen-bond acceptors (Lipinski definition) is 7. The van der Waals surface area contributed by atoms with E-state index in [1.165, 1.54) is 44.4 Å². The van der Waals surface area contributed by atoms with E-state index in [0.717, 1.165) is 21.0 Å². The van der Waals surface area contributed by atoms with Crippen LogP contribution in [0.25, 0.3) is 0 Å². The Morgan fingerprint density at radius 3 is 2.04 bits per heavy atom. The summed E-state index contributed by atoms with van der Waals surface area (Å²) in [5.41, 5.74) is 3.50. The average molecular weight is 660 g/mol. The minimum Gasteiger partial charge on any atom is -0.497 e. The Balaban J connectivity index is 1.84. The minimum atomic E-state index is -4.34. The van der Waals surface area contributed by atoms with E-state index in [-0.39, 0.29) is 29.5 Å². The summed E-state index contributed by atoms with van der Waals surface area (Å²) in [5, 5.41) is 2.69. The first-order valence-corrected chi connectivity index (χ1v) is 16.5. The van der Waals surface area contributed by atoms with Crippen molar-refractivity contribution >= 4 is 27.5 Å². The van der Waals surface area contributed by atoms with Gasteiger partial charge in [-0.15, -0.1) is 0 Å². The molecule has 0 unspecified atom stereocenters. The minimum absolute atomic E-state index is 0.0258. The fourth-order valence-electron chi connectivity index (χ4n) is 5.42. The van der Waals surface area contributed by atoms with Gasteiger partial charge in [-0.05, 0) is 72.5 Å². The van der Waals surface area contributed by atoms with Crippen molar-refractivity contribution in [1.29, 1.82) is 0 Å². The molecule has 2 amide bonds. The fourth-order valence-corrected chi connectivity index (χ4v) is 6.83. The predicted octanol–water partition coefficient (Wildman–Crippen LogP) is 4.91. The number of likely N-dealkylation sites (N-methyl/N-ethyl adjacent to an activating group) is 1. The molecule has 0 aliphatic carbocycles. The predicted molar refractivity (Wildman–Crippen MR) is 182 cm³/mol. The molecule has 0 aliphatic rings. The van der Waals surface area contributed by atoms with Gasteiger partial charge in [0.25, 0.3) is 10.0 Å². The summed E-state index contributed by atoms with van der Waals surface area (Å²) in [6.45, 7) is 3.16. The molecule has 4 aromatic carbocycles. The lowest BCUT2D eigenvalue weighted by atomic mass is 10.0. The lowest BCUT2D eigenvalue weighted by Crippen LogP contribution is -2.53. The third-order valence-electron chi connectivity index (χ3n) is 7.72. The zero-order chi connectivity index (χ0) is 34.1. The maximum Gasteiger partial charge on any atom is 0.264 e. The standard InChI is InChI=1S/C36H41N3O7S/c1-25-17-26(2)19-29(18-25)39(47(42,43)31-15-16-33(45-5)34(22-31)46-6)24-35(40)38(23-28-13-10-14-30(20-28)44-4)32(36(41)37-3)21-27-11-8-7-9-12-27/h7-20,22,32H,21,23-24H2,1-6H3,(H,37,41)/t32-/m0/s1. The van der Waals surface area contributed by atoms with Gasteiger partial charge in [0.2, 0.25) is 11.8 Å². The van der Waals surface area contributed by atoms with Gasteiger partial charge < -0.3 is 24.4 Å². The van der Waals surface area contributed by atoms with Crippen LogP contribution in [-0.2, 0) is 32.6 Å². The molecule has 0 bridgehead atoms. The summed E-state index contributed by atoms with van der Waals surface area (Å²) >= 11 is 0. The van der Waals surface area contributed by atoms with E-state index in [1.807, 2.05) is 56.3 Å². The summed E-state index contributed by atoms with van der Waals surface area (Å²) in [6, 6.07) is 25.2. The SMILES string of the molecule is CNC(=O)[C@H](Cc1ccccc1)N(Cc1cccc(OC)c1)C(=O)CN(c1cc(C)cc(C)c1)S(=O)(=O)c1ccc(OC)c(OC)c1. The second-order valence-electron chi connectivity index (χ2n) is 11.1. The molecule has 0 heterocycles. The molecular weight excluding hydrogens is 618 g/mol. The Morgan fingerprint density at radius 1 is 0.766 bits per heavy atom. The molecule has 248 valence electrons. The van der Waals surface area contributed by atoms with Crippen molar-refractivity contribution in [3.63, 3.8) is 0 Å². The Labute approximate surface area is 276 Å². The molecule has 4 rings (SSSR count). The third kappa shape index (κ3) is 8.42. The topological polar surface area (TPSA) is 114 Å². The number of ether oxygens (including phenoxy) is 3. The highest BCUT2D eigenvalue weighted by Crippen LogP contribution is 2.33. The van der Waals surface area contributed by atoms with Crippen molar-refractivity contribution in [2.24, 2.45) is 0 Å². The van der Waals surface area contributed by atoms with Crippen molar-refractivity contribution in [3.8, 4) is 17.2 Å². The maximum absolute atomic E-state index is 14.6. The van der Waals surface area contributed by atoms with Gasteiger partial charge in [0, 0.05) is 26.1 Å². The van der Waals surface area contributed by atoms with Crippen LogP contribution in [0.4, 0.5) is 5.69 Å². The number of methoxy groups -OCH3 is 3. The Morgan fingerprint density at radius 2 is 1.43 bits per heavy atom. The largest absolute Gasteiger partial charge is 0.497 e. The monoisotopic (exact) mass is 659 g/mol. The quantitative estimate of drug-likeness (QED) is 0.205. The summed E-state index contributed by atoms with van der Waals surface area (Å²) in [5.74, 6) is 0.218. The molecular formula is C36H41N3O7S. The number of sulfonamides is 1. The molecule has 47 heavy (non-hydrogen) atoms. The van der Waals surface area contributed by atoms with Crippen LogP contribution < -0.4 is 23.8 Å². The van der Waals surface area contributed by atoms with Crippen molar-refractivity contribution < 1.29 is 32.2 Å². The Bertz CT molecular complexity index is 1790. The number of hydrogen-bond donors (Lipinski definition) is 1. The van der Waals surface area contributed by atoms with E-state index in [4.69, 9.17) is 14.2 Å².